The molecule has 0 heterocycles. The second-order valence-electron chi connectivity index (χ2n) is 4.75. The molecule has 2 N–H and O–H groups in total. The molecule has 1 unspecified atom stereocenters. The second-order valence-corrected chi connectivity index (χ2v) is 4.75. The average molecular weight is 264 g/mol. The molecule has 1 amide bonds. The Balaban J connectivity index is 2.11. The minimum atomic E-state index is -0.771. The number of amides is 1. The summed E-state index contributed by atoms with van der Waals surface area (Å²) in [6, 6.07) is 5.19. The largest absolute Gasteiger partial charge is 0.449 e. The molecular weight excluding hydrogens is 248 g/mol. The Bertz CT molecular complexity index is 501. The van der Waals surface area contributed by atoms with Crippen molar-refractivity contribution in [2.75, 3.05) is 6.61 Å². The predicted octanol–water partition coefficient (Wildman–Crippen LogP) is 2.19. The number of carbonyl (C=O) groups excluding carboxylic acids is 1. The first kappa shape index (κ1) is 13.3. The molecule has 0 saturated carbocycles. The van der Waals surface area contributed by atoms with Gasteiger partial charge in [0.1, 0.15) is 0 Å². The minimum Gasteiger partial charge on any atom is -0.449 e. The van der Waals surface area contributed by atoms with Crippen LogP contribution in [0.5, 0.6) is 0 Å². The third-order valence-corrected chi connectivity index (χ3v) is 3.53. The maximum absolute atomic E-state index is 11.0. The van der Waals surface area contributed by atoms with Crippen LogP contribution in [0.15, 0.2) is 18.2 Å². The summed E-state index contributed by atoms with van der Waals surface area (Å²) in [7, 11) is 0. The van der Waals surface area contributed by atoms with Gasteiger partial charge in [0.15, 0.2) is 0 Å². The number of aryl methyl sites for hydroxylation is 1. The molecule has 19 heavy (non-hydrogen) atoms. The summed E-state index contributed by atoms with van der Waals surface area (Å²) in [4.78, 5) is 21.3. The monoisotopic (exact) mass is 264 g/mol. The number of ether oxygens (including phenoxy) is 1. The van der Waals surface area contributed by atoms with Gasteiger partial charge in [-0.05, 0) is 37.2 Å². The highest BCUT2D eigenvalue weighted by molar-refractivity contribution is 5.64. The van der Waals surface area contributed by atoms with E-state index in [-0.39, 0.29) is 23.1 Å². The van der Waals surface area contributed by atoms with Gasteiger partial charge in [-0.2, -0.15) is 0 Å². The van der Waals surface area contributed by atoms with Crippen molar-refractivity contribution < 1.29 is 14.5 Å². The Morgan fingerprint density at radius 3 is 2.84 bits per heavy atom. The molecule has 0 fully saturated rings. The lowest BCUT2D eigenvalue weighted by Gasteiger charge is -2.12. The van der Waals surface area contributed by atoms with Gasteiger partial charge in [0, 0.05) is 11.6 Å². The molecule has 1 aliphatic rings. The van der Waals surface area contributed by atoms with Crippen LogP contribution < -0.4 is 5.73 Å². The molecule has 0 aromatic heterocycles. The third-order valence-electron chi connectivity index (χ3n) is 3.53. The molecule has 0 spiro atoms. The summed E-state index contributed by atoms with van der Waals surface area (Å²) in [5.74, 6) is 0.208. The zero-order valence-electron chi connectivity index (χ0n) is 10.5. The molecule has 1 atom stereocenters. The van der Waals surface area contributed by atoms with Gasteiger partial charge < -0.3 is 10.5 Å². The van der Waals surface area contributed by atoms with Crippen molar-refractivity contribution in [2.45, 2.75) is 25.7 Å². The summed E-state index contributed by atoms with van der Waals surface area (Å²) in [6.45, 7) is 0.289. The first-order chi connectivity index (χ1) is 9.08. The highest BCUT2D eigenvalue weighted by Gasteiger charge is 2.23. The van der Waals surface area contributed by atoms with E-state index in [1.807, 2.05) is 6.07 Å². The number of carbonyl (C=O) groups is 1. The molecule has 1 aromatic carbocycles. The van der Waals surface area contributed by atoms with Crippen molar-refractivity contribution in [3.63, 3.8) is 0 Å². The highest BCUT2D eigenvalue weighted by Crippen LogP contribution is 2.30. The lowest BCUT2D eigenvalue weighted by atomic mass is 10.0. The summed E-state index contributed by atoms with van der Waals surface area (Å²) in [5.41, 5.74) is 6.97. The molecular formula is C13H16N2O4. The standard InChI is InChI=1S/C13H16N2O4/c14-13(16)19-8-9-4-6-10-2-1-3-12(15(17)18)11(10)7-5-9/h1-3,9H,4-8H2,(H2,14,16). The summed E-state index contributed by atoms with van der Waals surface area (Å²) in [6.07, 6.45) is 2.25. The number of primary amides is 1. The molecule has 2 rings (SSSR count). The van der Waals surface area contributed by atoms with Crippen molar-refractivity contribution in [2.24, 2.45) is 11.7 Å². The van der Waals surface area contributed by atoms with Gasteiger partial charge >= 0.3 is 6.09 Å². The van der Waals surface area contributed by atoms with E-state index in [4.69, 9.17) is 10.5 Å². The van der Waals surface area contributed by atoms with Gasteiger partial charge in [0.05, 0.1) is 11.5 Å². The summed E-state index contributed by atoms with van der Waals surface area (Å²) in [5, 5.41) is 11.0. The Hall–Kier alpha value is -2.11. The fourth-order valence-electron chi connectivity index (χ4n) is 2.53. The molecule has 0 bridgehead atoms. The zero-order valence-corrected chi connectivity index (χ0v) is 10.5. The van der Waals surface area contributed by atoms with Crippen LogP contribution >= 0.6 is 0 Å². The van der Waals surface area contributed by atoms with E-state index in [0.29, 0.717) is 6.42 Å². The number of nitro benzene ring substituents is 1. The maximum Gasteiger partial charge on any atom is 0.404 e. The fourth-order valence-corrected chi connectivity index (χ4v) is 2.53. The first-order valence-electron chi connectivity index (χ1n) is 6.25. The van der Waals surface area contributed by atoms with Crippen LogP contribution in [-0.2, 0) is 17.6 Å². The normalized spacial score (nSPS) is 18.2. The smallest absolute Gasteiger partial charge is 0.404 e. The fraction of sp³-hybridized carbons (Fsp3) is 0.462. The molecule has 0 aliphatic heterocycles. The van der Waals surface area contributed by atoms with Crippen LogP contribution in [0.25, 0.3) is 0 Å². The number of nitrogens with two attached hydrogens (primary N) is 1. The molecule has 6 nitrogen and oxygen atoms in total. The van der Waals surface area contributed by atoms with Crippen molar-refractivity contribution in [3.8, 4) is 0 Å². The number of rotatable bonds is 3. The number of nitrogens with zero attached hydrogens (tertiary/aromatic N) is 1. The van der Waals surface area contributed by atoms with Crippen molar-refractivity contribution in [1.82, 2.24) is 0 Å². The van der Waals surface area contributed by atoms with E-state index in [0.717, 1.165) is 30.4 Å². The Morgan fingerprint density at radius 1 is 1.42 bits per heavy atom. The van der Waals surface area contributed by atoms with Gasteiger partial charge in [-0.25, -0.2) is 4.79 Å². The molecule has 6 heteroatoms. The number of benzene rings is 1. The van der Waals surface area contributed by atoms with E-state index >= 15 is 0 Å². The lowest BCUT2D eigenvalue weighted by molar-refractivity contribution is -0.385. The van der Waals surface area contributed by atoms with E-state index in [1.165, 1.54) is 0 Å². The van der Waals surface area contributed by atoms with E-state index in [1.54, 1.807) is 12.1 Å². The molecule has 1 aromatic rings. The van der Waals surface area contributed by atoms with Crippen LogP contribution in [0, 0.1) is 16.0 Å². The summed E-state index contributed by atoms with van der Waals surface area (Å²) < 4.78 is 4.82. The third kappa shape index (κ3) is 3.21. The van der Waals surface area contributed by atoms with Crippen molar-refractivity contribution >= 4 is 11.8 Å². The Kier molecular flexibility index (Phi) is 3.99. The SMILES string of the molecule is NC(=O)OCC1CCc2cccc([N+](=O)[O-])c2CC1. The first-order valence-corrected chi connectivity index (χ1v) is 6.25. The van der Waals surface area contributed by atoms with Gasteiger partial charge in [-0.15, -0.1) is 0 Å². The second kappa shape index (κ2) is 5.69. The molecule has 0 radical (unpaired) electrons. The number of hydrogen-bond donors (Lipinski definition) is 1. The zero-order chi connectivity index (χ0) is 13.8. The maximum atomic E-state index is 11.0. The van der Waals surface area contributed by atoms with Crippen LogP contribution in [-0.4, -0.2) is 17.6 Å². The van der Waals surface area contributed by atoms with Gasteiger partial charge in [0.25, 0.3) is 5.69 Å². The highest BCUT2D eigenvalue weighted by atomic mass is 16.6. The lowest BCUT2D eigenvalue weighted by Crippen LogP contribution is -2.19. The van der Waals surface area contributed by atoms with Crippen molar-refractivity contribution in [1.29, 1.82) is 0 Å². The number of hydrogen-bond acceptors (Lipinski definition) is 4. The number of fused-ring (bicyclic) bond motifs is 1. The number of nitro groups is 1. The van der Waals surface area contributed by atoms with E-state index in [9.17, 15) is 14.9 Å². The molecule has 102 valence electrons. The van der Waals surface area contributed by atoms with E-state index in [2.05, 4.69) is 0 Å². The van der Waals surface area contributed by atoms with Crippen LogP contribution in [0.1, 0.15) is 24.0 Å². The molecule has 1 aliphatic carbocycles. The average Bonchev–Trinajstić information content (AvgIpc) is 2.58. The van der Waals surface area contributed by atoms with Crippen LogP contribution in [0.4, 0.5) is 10.5 Å². The summed E-state index contributed by atoms with van der Waals surface area (Å²) >= 11 is 0. The quantitative estimate of drug-likeness (QED) is 0.514. The minimum absolute atomic E-state index is 0.189. The topological polar surface area (TPSA) is 95.5 Å². The van der Waals surface area contributed by atoms with Gasteiger partial charge in [-0.1, -0.05) is 12.1 Å². The van der Waals surface area contributed by atoms with E-state index < -0.39 is 6.09 Å². The van der Waals surface area contributed by atoms with Crippen LogP contribution in [0.3, 0.4) is 0 Å². The predicted molar refractivity (Wildman–Crippen MR) is 68.8 cm³/mol. The van der Waals surface area contributed by atoms with Gasteiger partial charge in [-0.3, -0.25) is 10.1 Å². The van der Waals surface area contributed by atoms with Crippen molar-refractivity contribution in [3.05, 3.63) is 39.4 Å². The van der Waals surface area contributed by atoms with Gasteiger partial charge in [0.2, 0.25) is 0 Å². The Labute approximate surface area is 110 Å². The van der Waals surface area contributed by atoms with Crippen LogP contribution in [0.2, 0.25) is 0 Å². The molecule has 0 saturated heterocycles. The Morgan fingerprint density at radius 2 is 2.16 bits per heavy atom.